The molecule has 16 heavy (non-hydrogen) atoms. The van der Waals surface area contributed by atoms with Gasteiger partial charge in [-0.15, -0.1) is 0 Å². The van der Waals surface area contributed by atoms with E-state index in [4.69, 9.17) is 4.74 Å². The molecule has 3 N–H and O–H groups in total. The number of rotatable bonds is 1. The quantitative estimate of drug-likeness (QED) is 0.631. The van der Waals surface area contributed by atoms with Gasteiger partial charge in [0.15, 0.2) is 5.75 Å². The molecule has 0 amide bonds. The summed E-state index contributed by atoms with van der Waals surface area (Å²) in [6, 6.07) is 5.92. The van der Waals surface area contributed by atoms with Crippen LogP contribution in [0.5, 0.6) is 5.75 Å². The van der Waals surface area contributed by atoms with E-state index in [1.165, 1.54) is 0 Å². The number of nitrogens with zero attached hydrogens (tertiary/aromatic N) is 1. The molecular weight excluding hydrogens is 206 g/mol. The van der Waals surface area contributed by atoms with E-state index in [0.717, 1.165) is 43.3 Å². The van der Waals surface area contributed by atoms with E-state index in [2.05, 4.69) is 15.5 Å². The summed E-state index contributed by atoms with van der Waals surface area (Å²) in [4.78, 5) is 2.27. The number of hydrogen-bond acceptors (Lipinski definition) is 5. The Kier molecular flexibility index (Phi) is 2.34. The molecule has 5 heteroatoms. The van der Waals surface area contributed by atoms with Gasteiger partial charge in [-0.3, -0.25) is 0 Å². The van der Waals surface area contributed by atoms with Crippen molar-refractivity contribution >= 4 is 11.4 Å². The Morgan fingerprint density at radius 2 is 2.12 bits per heavy atom. The number of hydrogen-bond donors (Lipinski definition) is 3. The highest BCUT2D eigenvalue weighted by Gasteiger charge is 2.25. The van der Waals surface area contributed by atoms with Crippen molar-refractivity contribution in [2.75, 3.05) is 36.4 Å². The minimum Gasteiger partial charge on any atom is -0.443 e. The molecule has 0 radical (unpaired) electrons. The third-order valence-electron chi connectivity index (χ3n) is 2.96. The summed E-state index contributed by atoms with van der Waals surface area (Å²) in [5.74, 6) is 0.761. The van der Waals surface area contributed by atoms with E-state index in [-0.39, 0.29) is 0 Å². The van der Waals surface area contributed by atoms with Crippen molar-refractivity contribution in [1.29, 1.82) is 0 Å². The van der Waals surface area contributed by atoms with Crippen LogP contribution in [0.15, 0.2) is 18.2 Å². The van der Waals surface area contributed by atoms with Crippen LogP contribution in [-0.2, 0) is 0 Å². The first kappa shape index (κ1) is 9.74. The van der Waals surface area contributed by atoms with Gasteiger partial charge in [-0.2, -0.15) is 0 Å². The topological polar surface area (TPSA) is 56.8 Å². The van der Waals surface area contributed by atoms with E-state index in [0.29, 0.717) is 0 Å². The monoisotopic (exact) mass is 221 g/mol. The van der Waals surface area contributed by atoms with Gasteiger partial charge in [0.2, 0.25) is 0 Å². The van der Waals surface area contributed by atoms with Gasteiger partial charge in [0, 0.05) is 26.2 Å². The summed E-state index contributed by atoms with van der Waals surface area (Å²) in [5, 5.41) is 15.6. The molecule has 0 bridgehead atoms. The lowest BCUT2D eigenvalue weighted by molar-refractivity contribution is 0.0214. The van der Waals surface area contributed by atoms with Crippen molar-refractivity contribution in [1.82, 2.24) is 5.32 Å². The average molecular weight is 221 g/mol. The van der Waals surface area contributed by atoms with Crippen molar-refractivity contribution in [2.24, 2.45) is 0 Å². The van der Waals surface area contributed by atoms with Crippen LogP contribution in [0.1, 0.15) is 0 Å². The molecule has 2 aliphatic rings. The second-order valence-electron chi connectivity index (χ2n) is 4.01. The van der Waals surface area contributed by atoms with Crippen molar-refractivity contribution < 1.29 is 9.84 Å². The molecule has 1 fully saturated rings. The molecule has 2 heterocycles. The molecule has 0 saturated carbocycles. The van der Waals surface area contributed by atoms with Crippen LogP contribution in [0.2, 0.25) is 0 Å². The van der Waals surface area contributed by atoms with Crippen molar-refractivity contribution in [2.45, 2.75) is 6.41 Å². The average Bonchev–Trinajstić information content (AvgIpc) is 2.70. The number of piperazine rings is 1. The van der Waals surface area contributed by atoms with Crippen molar-refractivity contribution in [3.63, 3.8) is 0 Å². The highest BCUT2D eigenvalue weighted by Crippen LogP contribution is 2.40. The first-order valence-corrected chi connectivity index (χ1v) is 5.54. The number of ether oxygens (including phenoxy) is 1. The van der Waals surface area contributed by atoms with Crippen LogP contribution >= 0.6 is 0 Å². The molecule has 0 aliphatic carbocycles. The maximum atomic E-state index is 9.41. The minimum atomic E-state index is -0.918. The van der Waals surface area contributed by atoms with Crippen LogP contribution in [0, 0.1) is 0 Å². The number of aliphatic hydroxyl groups excluding tert-OH is 1. The van der Waals surface area contributed by atoms with Crippen molar-refractivity contribution in [3.05, 3.63) is 18.2 Å². The molecule has 1 unspecified atom stereocenters. The lowest BCUT2D eigenvalue weighted by Gasteiger charge is -2.30. The molecule has 0 spiro atoms. The summed E-state index contributed by atoms with van der Waals surface area (Å²) in [6.07, 6.45) is -0.918. The minimum absolute atomic E-state index is 0.761. The first-order valence-electron chi connectivity index (χ1n) is 5.54. The van der Waals surface area contributed by atoms with Crippen LogP contribution in [-0.4, -0.2) is 37.7 Å². The maximum Gasteiger partial charge on any atom is 0.279 e. The number of aliphatic hydroxyl groups is 1. The van der Waals surface area contributed by atoms with Crippen molar-refractivity contribution in [3.8, 4) is 5.75 Å². The second-order valence-corrected chi connectivity index (χ2v) is 4.01. The number of para-hydroxylation sites is 1. The Morgan fingerprint density at radius 3 is 2.94 bits per heavy atom. The smallest absolute Gasteiger partial charge is 0.279 e. The number of nitrogens with one attached hydrogen (secondary N) is 2. The van der Waals surface area contributed by atoms with Gasteiger partial charge in [-0.1, -0.05) is 6.07 Å². The molecule has 1 atom stereocenters. The normalized spacial score (nSPS) is 23.6. The predicted octanol–water partition coefficient (Wildman–Crippen LogP) is 0.176. The molecule has 3 rings (SSSR count). The number of fused-ring (bicyclic) bond motifs is 1. The summed E-state index contributed by atoms with van der Waals surface area (Å²) < 4.78 is 5.37. The van der Waals surface area contributed by atoms with E-state index < -0.39 is 6.41 Å². The highest BCUT2D eigenvalue weighted by atomic mass is 16.6. The maximum absolute atomic E-state index is 9.41. The van der Waals surface area contributed by atoms with Gasteiger partial charge in [-0.05, 0) is 12.1 Å². The Labute approximate surface area is 94.0 Å². The number of anilines is 2. The van der Waals surface area contributed by atoms with Crippen LogP contribution in [0.3, 0.4) is 0 Å². The summed E-state index contributed by atoms with van der Waals surface area (Å²) >= 11 is 0. The van der Waals surface area contributed by atoms with E-state index in [1.807, 2.05) is 18.2 Å². The first-order chi connectivity index (χ1) is 7.84. The Bertz CT molecular complexity index is 391. The third kappa shape index (κ3) is 1.58. The molecule has 86 valence electrons. The number of benzene rings is 1. The van der Waals surface area contributed by atoms with Gasteiger partial charge in [0.25, 0.3) is 6.41 Å². The molecule has 1 aromatic carbocycles. The zero-order valence-electron chi connectivity index (χ0n) is 8.94. The largest absolute Gasteiger partial charge is 0.443 e. The van der Waals surface area contributed by atoms with Crippen LogP contribution < -0.4 is 20.3 Å². The molecule has 1 saturated heterocycles. The lowest BCUT2D eigenvalue weighted by atomic mass is 10.2. The fourth-order valence-corrected chi connectivity index (χ4v) is 2.19. The SMILES string of the molecule is OC1Nc2cccc(N3CCNCC3)c2O1. The predicted molar refractivity (Wildman–Crippen MR) is 61.8 cm³/mol. The van der Waals surface area contributed by atoms with Gasteiger partial charge >= 0.3 is 0 Å². The Balaban J connectivity index is 1.92. The second kappa shape index (κ2) is 3.84. The van der Waals surface area contributed by atoms with Gasteiger partial charge in [0.05, 0.1) is 11.4 Å². The van der Waals surface area contributed by atoms with Gasteiger partial charge in [-0.25, -0.2) is 0 Å². The zero-order chi connectivity index (χ0) is 11.0. The third-order valence-corrected chi connectivity index (χ3v) is 2.96. The molecule has 0 aromatic heterocycles. The standard InChI is InChI=1S/C11H15N3O2/c15-11-13-8-2-1-3-9(10(8)16-11)14-6-4-12-5-7-14/h1-3,11-13,15H,4-7H2. The van der Waals surface area contributed by atoms with E-state index in [1.54, 1.807) is 0 Å². The Morgan fingerprint density at radius 1 is 1.31 bits per heavy atom. The van der Waals surface area contributed by atoms with Crippen LogP contribution in [0.25, 0.3) is 0 Å². The van der Waals surface area contributed by atoms with Gasteiger partial charge < -0.3 is 25.4 Å². The van der Waals surface area contributed by atoms with Crippen LogP contribution in [0.4, 0.5) is 11.4 Å². The fraction of sp³-hybridized carbons (Fsp3) is 0.455. The molecule has 1 aromatic rings. The molecule has 5 nitrogen and oxygen atoms in total. The zero-order valence-corrected chi connectivity index (χ0v) is 8.94. The van der Waals surface area contributed by atoms with E-state index in [9.17, 15) is 5.11 Å². The lowest BCUT2D eigenvalue weighted by Crippen LogP contribution is -2.43. The Hall–Kier alpha value is -1.46. The van der Waals surface area contributed by atoms with Gasteiger partial charge in [0.1, 0.15) is 0 Å². The summed E-state index contributed by atoms with van der Waals surface area (Å²) in [5.41, 5.74) is 1.92. The van der Waals surface area contributed by atoms with E-state index >= 15 is 0 Å². The highest BCUT2D eigenvalue weighted by molar-refractivity contribution is 5.74. The summed E-state index contributed by atoms with van der Waals surface area (Å²) in [7, 11) is 0. The molecular formula is C11H15N3O2. The summed E-state index contributed by atoms with van der Waals surface area (Å²) in [6.45, 7) is 3.91. The fourth-order valence-electron chi connectivity index (χ4n) is 2.19. The molecule has 2 aliphatic heterocycles.